The molecular formula is C13H10FN3O3. The van der Waals surface area contributed by atoms with Crippen LogP contribution < -0.4 is 11.1 Å². The van der Waals surface area contributed by atoms with Gasteiger partial charge in [0, 0.05) is 11.3 Å². The third kappa shape index (κ3) is 2.89. The molecule has 2 rings (SSSR count). The number of anilines is 2. The number of halogens is 1. The highest BCUT2D eigenvalue weighted by Crippen LogP contribution is 2.25. The normalized spacial score (nSPS) is 10.1. The molecule has 0 saturated carbocycles. The quantitative estimate of drug-likeness (QED) is 0.511. The van der Waals surface area contributed by atoms with Crippen molar-refractivity contribution in [3.05, 3.63) is 64.0 Å². The van der Waals surface area contributed by atoms with Crippen LogP contribution in [0.15, 0.2) is 42.5 Å². The molecule has 0 saturated heterocycles. The number of rotatable bonds is 3. The van der Waals surface area contributed by atoms with Gasteiger partial charge in [0.1, 0.15) is 11.5 Å². The molecule has 7 heteroatoms. The number of nitrogens with two attached hydrogens (primary N) is 1. The van der Waals surface area contributed by atoms with Crippen LogP contribution in [0.2, 0.25) is 0 Å². The van der Waals surface area contributed by atoms with E-state index < -0.39 is 22.3 Å². The van der Waals surface area contributed by atoms with Gasteiger partial charge in [-0.2, -0.15) is 0 Å². The van der Waals surface area contributed by atoms with Crippen LogP contribution in [-0.2, 0) is 0 Å². The number of nitrogens with zero attached hydrogens (tertiary/aromatic N) is 1. The highest BCUT2D eigenvalue weighted by molar-refractivity contribution is 6.05. The van der Waals surface area contributed by atoms with Gasteiger partial charge in [-0.1, -0.05) is 0 Å². The lowest BCUT2D eigenvalue weighted by molar-refractivity contribution is -0.384. The minimum Gasteiger partial charge on any atom is -0.399 e. The number of amides is 1. The van der Waals surface area contributed by atoms with Crippen molar-refractivity contribution in [2.75, 3.05) is 11.1 Å². The van der Waals surface area contributed by atoms with Gasteiger partial charge in [0.05, 0.1) is 11.0 Å². The Morgan fingerprint density at radius 3 is 2.45 bits per heavy atom. The second-order valence-corrected chi connectivity index (χ2v) is 3.99. The average molecular weight is 275 g/mol. The van der Waals surface area contributed by atoms with Crippen LogP contribution in [0.3, 0.4) is 0 Å². The van der Waals surface area contributed by atoms with Gasteiger partial charge in [-0.25, -0.2) is 4.39 Å². The van der Waals surface area contributed by atoms with E-state index in [1.807, 2.05) is 0 Å². The summed E-state index contributed by atoms with van der Waals surface area (Å²) in [4.78, 5) is 22.0. The Morgan fingerprint density at radius 2 is 1.85 bits per heavy atom. The number of hydrogen-bond acceptors (Lipinski definition) is 4. The molecule has 20 heavy (non-hydrogen) atoms. The predicted octanol–water partition coefficient (Wildman–Crippen LogP) is 2.57. The zero-order valence-electron chi connectivity index (χ0n) is 10.2. The minimum atomic E-state index is -0.762. The Bertz CT molecular complexity index is 671. The van der Waals surface area contributed by atoms with E-state index in [-0.39, 0.29) is 11.3 Å². The maximum atomic E-state index is 13.0. The molecule has 0 spiro atoms. The first-order valence-corrected chi connectivity index (χ1v) is 5.58. The van der Waals surface area contributed by atoms with Crippen molar-refractivity contribution in [1.82, 2.24) is 0 Å². The summed E-state index contributed by atoms with van der Waals surface area (Å²) in [7, 11) is 0. The summed E-state index contributed by atoms with van der Waals surface area (Å²) in [6.07, 6.45) is 0. The molecule has 0 aliphatic rings. The second kappa shape index (κ2) is 5.35. The summed E-state index contributed by atoms with van der Waals surface area (Å²) in [6, 6.07) is 8.97. The molecule has 102 valence electrons. The largest absolute Gasteiger partial charge is 0.399 e. The fourth-order valence-corrected chi connectivity index (χ4v) is 1.59. The smallest absolute Gasteiger partial charge is 0.295 e. The molecule has 0 heterocycles. The molecule has 0 radical (unpaired) electrons. The maximum absolute atomic E-state index is 13.0. The number of nitrogens with one attached hydrogen (secondary N) is 1. The molecule has 0 bridgehead atoms. The number of carbonyl (C=O) groups is 1. The van der Waals surface area contributed by atoms with E-state index >= 15 is 0 Å². The van der Waals surface area contributed by atoms with Gasteiger partial charge in [-0.3, -0.25) is 14.9 Å². The summed E-state index contributed by atoms with van der Waals surface area (Å²) >= 11 is 0. The number of benzene rings is 2. The van der Waals surface area contributed by atoms with E-state index in [4.69, 9.17) is 5.73 Å². The molecule has 0 atom stereocenters. The standard InChI is InChI=1S/C13H10FN3O3/c14-9-3-6-11(12(7-9)17(19)20)16-13(18)8-1-4-10(15)5-2-8/h1-7H,15H2,(H,16,18). The fourth-order valence-electron chi connectivity index (χ4n) is 1.59. The van der Waals surface area contributed by atoms with Crippen molar-refractivity contribution in [1.29, 1.82) is 0 Å². The second-order valence-electron chi connectivity index (χ2n) is 3.99. The topological polar surface area (TPSA) is 98.3 Å². The van der Waals surface area contributed by atoms with Crippen LogP contribution in [0.1, 0.15) is 10.4 Å². The zero-order valence-corrected chi connectivity index (χ0v) is 10.2. The zero-order chi connectivity index (χ0) is 14.7. The fraction of sp³-hybridized carbons (Fsp3) is 0. The Hall–Kier alpha value is -2.96. The lowest BCUT2D eigenvalue weighted by Crippen LogP contribution is -2.13. The van der Waals surface area contributed by atoms with Gasteiger partial charge in [-0.05, 0) is 36.4 Å². The molecule has 2 aromatic carbocycles. The third-order valence-corrected chi connectivity index (χ3v) is 2.58. The number of nitro groups is 1. The van der Waals surface area contributed by atoms with Crippen LogP contribution in [-0.4, -0.2) is 10.8 Å². The molecule has 0 unspecified atom stereocenters. The highest BCUT2D eigenvalue weighted by Gasteiger charge is 2.17. The first-order chi connectivity index (χ1) is 9.47. The number of hydrogen-bond donors (Lipinski definition) is 2. The first-order valence-electron chi connectivity index (χ1n) is 5.58. The molecular weight excluding hydrogens is 265 g/mol. The lowest BCUT2D eigenvalue weighted by Gasteiger charge is -2.06. The van der Waals surface area contributed by atoms with Crippen LogP contribution in [0, 0.1) is 15.9 Å². The molecule has 0 aromatic heterocycles. The monoisotopic (exact) mass is 275 g/mol. The molecule has 0 aliphatic carbocycles. The lowest BCUT2D eigenvalue weighted by atomic mass is 10.2. The van der Waals surface area contributed by atoms with Crippen molar-refractivity contribution in [3.8, 4) is 0 Å². The summed E-state index contributed by atoms with van der Waals surface area (Å²) < 4.78 is 13.0. The predicted molar refractivity (Wildman–Crippen MR) is 71.9 cm³/mol. The molecule has 3 N–H and O–H groups in total. The van der Waals surface area contributed by atoms with E-state index in [2.05, 4.69) is 5.32 Å². The van der Waals surface area contributed by atoms with Crippen molar-refractivity contribution in [2.45, 2.75) is 0 Å². The molecule has 0 aliphatic heterocycles. The van der Waals surface area contributed by atoms with Crippen molar-refractivity contribution in [3.63, 3.8) is 0 Å². The molecule has 6 nitrogen and oxygen atoms in total. The van der Waals surface area contributed by atoms with E-state index in [1.54, 1.807) is 0 Å². The summed E-state index contributed by atoms with van der Waals surface area (Å²) in [5.41, 5.74) is 5.70. The van der Waals surface area contributed by atoms with Gasteiger partial charge in [0.25, 0.3) is 11.6 Å². The Labute approximate surface area is 113 Å². The van der Waals surface area contributed by atoms with Gasteiger partial charge in [-0.15, -0.1) is 0 Å². The van der Waals surface area contributed by atoms with Crippen LogP contribution >= 0.6 is 0 Å². The molecule has 2 aromatic rings. The summed E-state index contributed by atoms with van der Waals surface area (Å²) in [6.45, 7) is 0. The van der Waals surface area contributed by atoms with Gasteiger partial charge >= 0.3 is 0 Å². The van der Waals surface area contributed by atoms with Crippen LogP contribution in [0.4, 0.5) is 21.5 Å². The molecule has 1 amide bonds. The average Bonchev–Trinajstić information content (AvgIpc) is 2.41. The third-order valence-electron chi connectivity index (χ3n) is 2.58. The van der Waals surface area contributed by atoms with E-state index in [0.29, 0.717) is 5.69 Å². The van der Waals surface area contributed by atoms with Gasteiger partial charge in [0.2, 0.25) is 0 Å². The Morgan fingerprint density at radius 1 is 1.20 bits per heavy atom. The van der Waals surface area contributed by atoms with E-state index in [1.165, 1.54) is 24.3 Å². The van der Waals surface area contributed by atoms with Crippen molar-refractivity contribution < 1.29 is 14.1 Å². The maximum Gasteiger partial charge on any atom is 0.295 e. The number of nitrogen functional groups attached to an aromatic ring is 1. The molecule has 0 fully saturated rings. The Balaban J connectivity index is 2.28. The Kier molecular flexibility index (Phi) is 3.60. The summed E-state index contributed by atoms with van der Waals surface area (Å²) in [5, 5.41) is 13.2. The SMILES string of the molecule is Nc1ccc(C(=O)Nc2ccc(F)cc2[N+](=O)[O-])cc1. The van der Waals surface area contributed by atoms with Crippen molar-refractivity contribution in [2.24, 2.45) is 0 Å². The summed E-state index contributed by atoms with van der Waals surface area (Å²) in [5.74, 6) is -1.29. The van der Waals surface area contributed by atoms with Crippen LogP contribution in [0.25, 0.3) is 0 Å². The minimum absolute atomic E-state index is 0.0711. The van der Waals surface area contributed by atoms with E-state index in [0.717, 1.165) is 18.2 Å². The first kappa shape index (κ1) is 13.5. The van der Waals surface area contributed by atoms with Gasteiger partial charge in [0.15, 0.2) is 0 Å². The van der Waals surface area contributed by atoms with Crippen LogP contribution in [0.5, 0.6) is 0 Å². The number of carbonyl (C=O) groups excluding carboxylic acids is 1. The number of nitro benzene ring substituents is 1. The highest BCUT2D eigenvalue weighted by atomic mass is 19.1. The van der Waals surface area contributed by atoms with Gasteiger partial charge < -0.3 is 11.1 Å². The van der Waals surface area contributed by atoms with Crippen molar-refractivity contribution >= 4 is 23.0 Å². The van der Waals surface area contributed by atoms with E-state index in [9.17, 15) is 19.3 Å².